The summed E-state index contributed by atoms with van der Waals surface area (Å²) in [7, 11) is 0. The van der Waals surface area contributed by atoms with Gasteiger partial charge in [-0.25, -0.2) is 15.0 Å². The zero-order valence-electron chi connectivity index (χ0n) is 15.8. The van der Waals surface area contributed by atoms with E-state index < -0.39 is 35.4 Å². The van der Waals surface area contributed by atoms with Crippen LogP contribution < -0.4 is 16.8 Å². The van der Waals surface area contributed by atoms with Gasteiger partial charge in [-0.2, -0.15) is 0 Å². The molecule has 30 heavy (non-hydrogen) atoms. The van der Waals surface area contributed by atoms with Gasteiger partial charge in [0.15, 0.2) is 0 Å². The predicted octanol–water partition coefficient (Wildman–Crippen LogP) is 1.61. The van der Waals surface area contributed by atoms with Gasteiger partial charge in [0, 0.05) is 31.7 Å². The molecule has 160 valence electrons. The number of pyridine rings is 1. The number of hydrogen-bond donors (Lipinski definition) is 3. The number of nitrogen functional groups attached to an aromatic ring is 1. The number of ether oxygens (including phenoxy) is 1. The Labute approximate surface area is 175 Å². The van der Waals surface area contributed by atoms with Crippen molar-refractivity contribution < 1.29 is 23.8 Å². The van der Waals surface area contributed by atoms with Crippen molar-refractivity contribution in [3.8, 4) is 0 Å². The van der Waals surface area contributed by atoms with E-state index in [1.54, 1.807) is 6.07 Å². The molecule has 11 heteroatoms. The molecule has 1 saturated heterocycles. The second-order valence-electron chi connectivity index (χ2n) is 6.81. The molecule has 0 bridgehead atoms. The number of nitrogens with one attached hydrogen (secondary N) is 1. The first-order valence-electron chi connectivity index (χ1n) is 9.06. The van der Waals surface area contributed by atoms with E-state index in [2.05, 4.69) is 0 Å². The largest absolute Gasteiger partial charge is 0.465 e. The molecule has 2 amide bonds. The molecule has 0 aliphatic carbocycles. The third-order valence-electron chi connectivity index (χ3n) is 4.91. The molecule has 1 fully saturated rings. The second-order valence-corrected chi connectivity index (χ2v) is 7.21. The van der Waals surface area contributed by atoms with Gasteiger partial charge in [-0.1, -0.05) is 17.7 Å². The van der Waals surface area contributed by atoms with E-state index in [1.807, 2.05) is 5.43 Å². The van der Waals surface area contributed by atoms with E-state index in [1.165, 1.54) is 39.9 Å². The normalized spacial score (nSPS) is 19.2. The summed E-state index contributed by atoms with van der Waals surface area (Å²) in [5.41, 5.74) is 1.64. The number of halogens is 2. The highest BCUT2D eigenvalue weighted by molar-refractivity contribution is 6.30. The number of nitrogens with zero attached hydrogens (tertiary/aromatic N) is 2. The summed E-state index contributed by atoms with van der Waals surface area (Å²) in [6, 6.07) is 7.07. The summed E-state index contributed by atoms with van der Waals surface area (Å²) in [5, 5.41) is 9.40. The number of amides is 2. The molecule has 4 N–H and O–H groups in total. The third kappa shape index (κ3) is 4.61. The molecule has 1 aromatic carbocycles. The number of hydrogen-bond acceptors (Lipinski definition) is 5. The van der Waals surface area contributed by atoms with Crippen LogP contribution in [-0.2, 0) is 11.3 Å². The van der Waals surface area contributed by atoms with Crippen molar-refractivity contribution >= 4 is 23.6 Å². The average Bonchev–Trinajstić information content (AvgIpc) is 2.94. The Morgan fingerprint density at radius 1 is 1.37 bits per heavy atom. The summed E-state index contributed by atoms with van der Waals surface area (Å²) >= 11 is 5.77. The monoisotopic (exact) mass is 438 g/mol. The van der Waals surface area contributed by atoms with E-state index in [0.29, 0.717) is 5.56 Å². The van der Waals surface area contributed by atoms with Crippen molar-refractivity contribution in [3.05, 3.63) is 68.8 Å². The fourth-order valence-electron chi connectivity index (χ4n) is 3.46. The lowest BCUT2D eigenvalue weighted by molar-refractivity contribution is 0.0248. The Balaban J connectivity index is 1.99. The van der Waals surface area contributed by atoms with Gasteiger partial charge in [0.2, 0.25) is 0 Å². The number of hydrazine groups is 1. The first-order chi connectivity index (χ1) is 14.3. The number of benzene rings is 1. The summed E-state index contributed by atoms with van der Waals surface area (Å²) in [4.78, 5) is 37.2. The first-order valence-corrected chi connectivity index (χ1v) is 9.44. The lowest BCUT2D eigenvalue weighted by atomic mass is 9.94. The number of aromatic nitrogens is 1. The van der Waals surface area contributed by atoms with Crippen LogP contribution in [0.4, 0.5) is 9.18 Å². The van der Waals surface area contributed by atoms with Crippen LogP contribution in [0.3, 0.4) is 0 Å². The first kappa shape index (κ1) is 21.8. The number of carbonyl (C=O) groups is 2. The van der Waals surface area contributed by atoms with Gasteiger partial charge < -0.3 is 19.3 Å². The third-order valence-corrected chi connectivity index (χ3v) is 5.22. The summed E-state index contributed by atoms with van der Waals surface area (Å²) in [5.74, 6) is 3.20. The molecule has 1 aliphatic heterocycles. The Kier molecular flexibility index (Phi) is 6.70. The zero-order chi connectivity index (χ0) is 21.8. The standard InChI is InChI=1S/C19H20ClFN4O5/c20-14-4-3-11(8-15(14)21)16-12(10-25(19(28)29)6-7-30-16)9-24-5-1-2-13(18(24)27)17(26)23-22/h1-5,8,12,16H,6-7,9-10,22H2,(H,23,26)(H,28,29)/t12-,16-/m0/s1. The van der Waals surface area contributed by atoms with Crippen molar-refractivity contribution in [2.24, 2.45) is 11.8 Å². The molecule has 3 rings (SSSR count). The number of carboxylic acid groups (broad SMARTS) is 1. The molecule has 0 radical (unpaired) electrons. The van der Waals surface area contributed by atoms with Crippen molar-refractivity contribution in [1.82, 2.24) is 14.9 Å². The molecular formula is C19H20ClFN4O5. The summed E-state index contributed by atoms with van der Waals surface area (Å²) in [6.07, 6.45) is -0.347. The average molecular weight is 439 g/mol. The van der Waals surface area contributed by atoms with Crippen molar-refractivity contribution in [2.45, 2.75) is 12.6 Å². The Morgan fingerprint density at radius 3 is 2.80 bits per heavy atom. The van der Waals surface area contributed by atoms with Gasteiger partial charge in [-0.05, 0) is 29.8 Å². The number of rotatable bonds is 4. The summed E-state index contributed by atoms with van der Waals surface area (Å²) in [6.45, 7) is 0.304. The minimum Gasteiger partial charge on any atom is -0.465 e. The molecule has 1 aliphatic rings. The van der Waals surface area contributed by atoms with Gasteiger partial charge in [0.05, 0.1) is 17.7 Å². The van der Waals surface area contributed by atoms with Gasteiger partial charge in [-0.15, -0.1) is 0 Å². The lowest BCUT2D eigenvalue weighted by Gasteiger charge is -2.27. The van der Waals surface area contributed by atoms with Gasteiger partial charge in [0.25, 0.3) is 11.5 Å². The van der Waals surface area contributed by atoms with Crippen LogP contribution in [0.2, 0.25) is 5.02 Å². The maximum atomic E-state index is 14.0. The molecule has 2 atom stereocenters. The van der Waals surface area contributed by atoms with Crippen LogP contribution in [0.15, 0.2) is 41.3 Å². The van der Waals surface area contributed by atoms with Crippen LogP contribution in [0, 0.1) is 11.7 Å². The fraction of sp³-hybridized carbons (Fsp3) is 0.316. The van der Waals surface area contributed by atoms with Crippen LogP contribution in [0.25, 0.3) is 0 Å². The maximum absolute atomic E-state index is 14.0. The van der Waals surface area contributed by atoms with Crippen LogP contribution in [0.1, 0.15) is 22.0 Å². The highest BCUT2D eigenvalue weighted by Gasteiger charge is 2.32. The van der Waals surface area contributed by atoms with E-state index in [9.17, 15) is 23.9 Å². The highest BCUT2D eigenvalue weighted by Crippen LogP contribution is 2.32. The van der Waals surface area contributed by atoms with E-state index in [4.69, 9.17) is 22.2 Å². The molecule has 9 nitrogen and oxygen atoms in total. The number of nitrogens with two attached hydrogens (primary N) is 1. The topological polar surface area (TPSA) is 127 Å². The van der Waals surface area contributed by atoms with Gasteiger partial charge in [0.1, 0.15) is 11.4 Å². The maximum Gasteiger partial charge on any atom is 0.407 e. The molecule has 0 spiro atoms. The Bertz CT molecular complexity index is 1010. The molecule has 2 heterocycles. The van der Waals surface area contributed by atoms with E-state index >= 15 is 0 Å². The van der Waals surface area contributed by atoms with Crippen molar-refractivity contribution in [3.63, 3.8) is 0 Å². The molecule has 1 aromatic heterocycles. The molecule has 0 saturated carbocycles. The summed E-state index contributed by atoms with van der Waals surface area (Å²) < 4.78 is 21.2. The SMILES string of the molecule is NNC(=O)c1cccn(C[C@H]2CN(C(=O)O)CCO[C@H]2c2ccc(Cl)c(F)c2)c1=O. The van der Waals surface area contributed by atoms with Gasteiger partial charge >= 0.3 is 6.09 Å². The van der Waals surface area contributed by atoms with Gasteiger partial charge in [-0.3, -0.25) is 15.0 Å². The molecule has 0 unspecified atom stereocenters. The van der Waals surface area contributed by atoms with E-state index in [0.717, 1.165) is 0 Å². The smallest absolute Gasteiger partial charge is 0.407 e. The Morgan fingerprint density at radius 2 is 2.13 bits per heavy atom. The minimum atomic E-state index is -1.13. The van der Waals surface area contributed by atoms with Crippen molar-refractivity contribution in [1.29, 1.82) is 0 Å². The Hall–Kier alpha value is -2.95. The quantitative estimate of drug-likeness (QED) is 0.378. The minimum absolute atomic E-state index is 0.0310. The zero-order valence-corrected chi connectivity index (χ0v) is 16.5. The van der Waals surface area contributed by atoms with Crippen LogP contribution in [-0.4, -0.2) is 46.3 Å². The fourth-order valence-corrected chi connectivity index (χ4v) is 3.58. The van der Waals surface area contributed by atoms with Crippen molar-refractivity contribution in [2.75, 3.05) is 19.7 Å². The number of carbonyl (C=O) groups excluding carboxylic acids is 1. The molecular weight excluding hydrogens is 419 g/mol. The highest BCUT2D eigenvalue weighted by atomic mass is 35.5. The predicted molar refractivity (Wildman–Crippen MR) is 106 cm³/mol. The van der Waals surface area contributed by atoms with Crippen LogP contribution in [0.5, 0.6) is 0 Å². The second kappa shape index (κ2) is 9.24. The lowest BCUT2D eigenvalue weighted by Crippen LogP contribution is -2.40. The van der Waals surface area contributed by atoms with Crippen LogP contribution >= 0.6 is 11.6 Å². The van der Waals surface area contributed by atoms with E-state index in [-0.39, 0.29) is 36.8 Å². The molecule has 2 aromatic rings.